The lowest BCUT2D eigenvalue weighted by Gasteiger charge is -2.32. The van der Waals surface area contributed by atoms with E-state index in [0.717, 1.165) is 34.0 Å². The third kappa shape index (κ3) is 3.10. The number of rotatable bonds is 3. The fourth-order valence-electron chi connectivity index (χ4n) is 4.35. The summed E-state index contributed by atoms with van der Waals surface area (Å²) in [5.41, 5.74) is 5.90. The molecule has 1 amide bonds. The second kappa shape index (κ2) is 7.37. The van der Waals surface area contributed by atoms with Gasteiger partial charge in [0.05, 0.1) is 28.8 Å². The van der Waals surface area contributed by atoms with Gasteiger partial charge >= 0.3 is 11.8 Å². The molecule has 0 aromatic carbocycles. The maximum atomic E-state index is 13.6. The van der Waals surface area contributed by atoms with Crippen LogP contribution in [0, 0.1) is 13.8 Å². The Bertz CT molecular complexity index is 1500. The van der Waals surface area contributed by atoms with E-state index in [1.165, 1.54) is 0 Å². The van der Waals surface area contributed by atoms with Crippen LogP contribution in [0.25, 0.3) is 17.0 Å². The van der Waals surface area contributed by atoms with Crippen LogP contribution in [0.15, 0.2) is 53.3 Å². The summed E-state index contributed by atoms with van der Waals surface area (Å²) in [6, 6.07) is 11.1. The summed E-state index contributed by atoms with van der Waals surface area (Å²) >= 11 is 0. The lowest BCUT2D eigenvalue weighted by molar-refractivity contribution is 0.0646. The Morgan fingerprint density at radius 2 is 2.06 bits per heavy atom. The van der Waals surface area contributed by atoms with Gasteiger partial charge < -0.3 is 14.3 Å². The van der Waals surface area contributed by atoms with Crippen LogP contribution in [0.5, 0.6) is 0 Å². The molecule has 10 nitrogen and oxygen atoms in total. The van der Waals surface area contributed by atoms with E-state index in [1.54, 1.807) is 23.5 Å². The minimum absolute atomic E-state index is 0.0721. The molecule has 0 saturated carbocycles. The maximum Gasteiger partial charge on any atom is 0.312 e. The molecule has 1 atom stereocenters. The fraction of sp³-hybridized carbons (Fsp3) is 0.217. The number of imidazole rings is 1. The third-order valence-corrected chi connectivity index (χ3v) is 6.01. The van der Waals surface area contributed by atoms with Crippen molar-refractivity contribution in [1.82, 2.24) is 39.7 Å². The number of fused-ring (bicyclic) bond motifs is 2. The van der Waals surface area contributed by atoms with Crippen LogP contribution in [0.4, 0.5) is 0 Å². The Hall–Kier alpha value is -4.34. The van der Waals surface area contributed by atoms with E-state index in [1.807, 2.05) is 48.7 Å². The second-order valence-electron chi connectivity index (χ2n) is 8.04. The SMILES string of the molecule is Cc1ncccc1-c1nnc(C(=O)N2CCc3[nH]cnc3[C@H]2c2cc3cccc(C)n3n2)o1. The van der Waals surface area contributed by atoms with Crippen molar-refractivity contribution in [1.29, 1.82) is 0 Å². The van der Waals surface area contributed by atoms with Gasteiger partial charge in [-0.05, 0) is 44.2 Å². The van der Waals surface area contributed by atoms with Gasteiger partial charge in [-0.25, -0.2) is 9.50 Å². The zero-order valence-corrected chi connectivity index (χ0v) is 18.1. The highest BCUT2D eigenvalue weighted by molar-refractivity contribution is 5.90. The summed E-state index contributed by atoms with van der Waals surface area (Å²) in [5, 5.41) is 12.9. The molecule has 5 aromatic heterocycles. The largest absolute Gasteiger partial charge is 0.412 e. The summed E-state index contributed by atoms with van der Waals surface area (Å²) < 4.78 is 7.66. The number of pyridine rings is 2. The molecule has 6 heterocycles. The van der Waals surface area contributed by atoms with Crippen molar-refractivity contribution in [2.24, 2.45) is 0 Å². The van der Waals surface area contributed by atoms with Crippen LogP contribution < -0.4 is 0 Å². The van der Waals surface area contributed by atoms with Crippen LogP contribution in [-0.2, 0) is 6.42 Å². The molecule has 1 aliphatic rings. The molecule has 6 rings (SSSR count). The predicted octanol–water partition coefficient (Wildman–Crippen LogP) is 2.91. The van der Waals surface area contributed by atoms with Crippen molar-refractivity contribution in [3.63, 3.8) is 0 Å². The van der Waals surface area contributed by atoms with Gasteiger partial charge in [0.25, 0.3) is 0 Å². The normalized spacial score (nSPS) is 15.7. The Balaban J connectivity index is 1.41. The summed E-state index contributed by atoms with van der Waals surface area (Å²) in [6.45, 7) is 4.31. The number of nitrogens with one attached hydrogen (secondary N) is 1. The average Bonchev–Trinajstić information content (AvgIpc) is 3.57. The Labute approximate surface area is 188 Å². The van der Waals surface area contributed by atoms with Crippen LogP contribution in [0.1, 0.15) is 45.2 Å². The summed E-state index contributed by atoms with van der Waals surface area (Å²) in [5.74, 6) is -0.166. The number of aromatic nitrogens is 7. The Kier molecular flexibility index (Phi) is 4.32. The fourth-order valence-corrected chi connectivity index (χ4v) is 4.35. The first-order valence-electron chi connectivity index (χ1n) is 10.6. The molecular weight excluding hydrogens is 420 g/mol. The topological polar surface area (TPSA) is 118 Å². The molecule has 0 fully saturated rings. The van der Waals surface area contributed by atoms with E-state index in [4.69, 9.17) is 9.52 Å². The highest BCUT2D eigenvalue weighted by Crippen LogP contribution is 2.34. The molecule has 0 spiro atoms. The first kappa shape index (κ1) is 19.4. The van der Waals surface area contributed by atoms with Gasteiger partial charge in [-0.15, -0.1) is 10.2 Å². The first-order valence-corrected chi connectivity index (χ1v) is 10.6. The molecule has 1 N–H and O–H groups in total. The zero-order chi connectivity index (χ0) is 22.5. The van der Waals surface area contributed by atoms with E-state index < -0.39 is 6.04 Å². The molecule has 5 aromatic rings. The van der Waals surface area contributed by atoms with Gasteiger partial charge in [-0.1, -0.05) is 6.07 Å². The molecule has 0 bridgehead atoms. The van der Waals surface area contributed by atoms with Crippen LogP contribution in [0.2, 0.25) is 0 Å². The number of aryl methyl sites for hydroxylation is 2. The smallest absolute Gasteiger partial charge is 0.312 e. The number of H-pyrrole nitrogens is 1. The van der Waals surface area contributed by atoms with E-state index in [2.05, 4.69) is 25.1 Å². The number of hydrogen-bond acceptors (Lipinski definition) is 7. The zero-order valence-electron chi connectivity index (χ0n) is 18.1. The van der Waals surface area contributed by atoms with Crippen molar-refractivity contribution in [3.8, 4) is 11.5 Å². The molecule has 1 aliphatic heterocycles. The monoisotopic (exact) mass is 440 g/mol. The first-order chi connectivity index (χ1) is 16.1. The summed E-state index contributed by atoms with van der Waals surface area (Å²) in [6.07, 6.45) is 3.99. The van der Waals surface area contributed by atoms with Crippen molar-refractivity contribution >= 4 is 11.4 Å². The van der Waals surface area contributed by atoms with E-state index in [0.29, 0.717) is 18.5 Å². The Morgan fingerprint density at radius 1 is 1.15 bits per heavy atom. The predicted molar refractivity (Wildman–Crippen MR) is 117 cm³/mol. The molecule has 0 aliphatic carbocycles. The number of carbonyl (C=O) groups is 1. The van der Waals surface area contributed by atoms with E-state index in [-0.39, 0.29) is 17.7 Å². The molecule has 10 heteroatoms. The van der Waals surface area contributed by atoms with Crippen LogP contribution in [-0.4, -0.2) is 52.1 Å². The molecular formula is C23H20N8O2. The number of hydrogen-bond donors (Lipinski definition) is 1. The van der Waals surface area contributed by atoms with Crippen LogP contribution >= 0.6 is 0 Å². The van der Waals surface area contributed by atoms with Crippen molar-refractivity contribution in [2.45, 2.75) is 26.3 Å². The van der Waals surface area contributed by atoms with Gasteiger partial charge in [0.2, 0.25) is 5.89 Å². The second-order valence-corrected chi connectivity index (χ2v) is 8.04. The van der Waals surface area contributed by atoms with Crippen molar-refractivity contribution < 1.29 is 9.21 Å². The number of aromatic amines is 1. The van der Waals surface area contributed by atoms with Crippen molar-refractivity contribution in [2.75, 3.05) is 6.54 Å². The number of amides is 1. The van der Waals surface area contributed by atoms with Gasteiger partial charge in [-0.3, -0.25) is 9.78 Å². The summed E-state index contributed by atoms with van der Waals surface area (Å²) in [4.78, 5) is 27.2. The van der Waals surface area contributed by atoms with Gasteiger partial charge in [0, 0.05) is 36.2 Å². The number of nitrogens with zero attached hydrogens (tertiary/aromatic N) is 7. The maximum absolute atomic E-state index is 13.6. The quantitative estimate of drug-likeness (QED) is 0.458. The van der Waals surface area contributed by atoms with Gasteiger partial charge in [0.15, 0.2) is 0 Å². The highest BCUT2D eigenvalue weighted by atomic mass is 16.4. The lowest BCUT2D eigenvalue weighted by atomic mass is 9.99. The summed E-state index contributed by atoms with van der Waals surface area (Å²) in [7, 11) is 0. The van der Waals surface area contributed by atoms with Crippen molar-refractivity contribution in [3.05, 3.63) is 83.3 Å². The van der Waals surface area contributed by atoms with E-state index >= 15 is 0 Å². The minimum atomic E-state index is -0.470. The molecule has 0 radical (unpaired) electrons. The molecule has 164 valence electrons. The van der Waals surface area contributed by atoms with Crippen LogP contribution in [0.3, 0.4) is 0 Å². The lowest BCUT2D eigenvalue weighted by Crippen LogP contribution is -2.41. The highest BCUT2D eigenvalue weighted by Gasteiger charge is 2.38. The third-order valence-electron chi connectivity index (χ3n) is 6.01. The standard InChI is InChI=1S/C23H20N8O2/c1-13-5-3-6-15-11-18(29-31(13)15)20-19-17(25-12-26-19)8-10-30(20)23(32)22-28-27-21(33-22)16-7-4-9-24-14(16)2/h3-7,9,11-12,20H,8,10H2,1-2H3,(H,25,26)/t20-/m1/s1. The van der Waals surface area contributed by atoms with Gasteiger partial charge in [0.1, 0.15) is 6.04 Å². The molecule has 0 saturated heterocycles. The molecule has 33 heavy (non-hydrogen) atoms. The Morgan fingerprint density at radius 3 is 2.91 bits per heavy atom. The average molecular weight is 440 g/mol. The van der Waals surface area contributed by atoms with Gasteiger partial charge in [-0.2, -0.15) is 5.10 Å². The molecule has 0 unspecified atom stereocenters. The van der Waals surface area contributed by atoms with E-state index in [9.17, 15) is 4.79 Å². The minimum Gasteiger partial charge on any atom is -0.412 e. The number of carbonyl (C=O) groups excluding carboxylic acids is 1.